The maximum absolute atomic E-state index is 12.0. The van der Waals surface area contributed by atoms with Crippen molar-refractivity contribution in [3.63, 3.8) is 0 Å². The molecule has 2 aromatic carbocycles. The average molecular weight is 338 g/mol. The fraction of sp³-hybridized carbons (Fsp3) is 0.0667. The van der Waals surface area contributed by atoms with Gasteiger partial charge in [-0.25, -0.2) is 0 Å². The molecule has 19 heavy (non-hydrogen) atoms. The van der Waals surface area contributed by atoms with Gasteiger partial charge in [0.1, 0.15) is 0 Å². The first-order valence-electron chi connectivity index (χ1n) is 5.70. The van der Waals surface area contributed by atoms with Gasteiger partial charge in [0.15, 0.2) is 0 Å². The Labute approximate surface area is 125 Å². The van der Waals surface area contributed by atoms with Crippen LogP contribution in [0.5, 0.6) is 0 Å². The van der Waals surface area contributed by atoms with Crippen LogP contribution in [0.2, 0.25) is 5.02 Å². The summed E-state index contributed by atoms with van der Waals surface area (Å²) >= 11 is 9.15. The highest BCUT2D eigenvalue weighted by atomic mass is 79.9. The van der Waals surface area contributed by atoms with E-state index in [1.807, 2.05) is 24.3 Å². The molecule has 2 rings (SSSR count). The van der Waals surface area contributed by atoms with Gasteiger partial charge in [-0.2, -0.15) is 0 Å². The summed E-state index contributed by atoms with van der Waals surface area (Å²) in [5, 5.41) is 3.54. The van der Waals surface area contributed by atoms with E-state index >= 15 is 0 Å². The van der Waals surface area contributed by atoms with Gasteiger partial charge in [-0.1, -0.05) is 39.7 Å². The third kappa shape index (κ3) is 3.82. The van der Waals surface area contributed by atoms with E-state index in [1.54, 1.807) is 18.2 Å². The topological polar surface area (TPSA) is 29.1 Å². The Kier molecular flexibility index (Phi) is 4.61. The second-order valence-corrected chi connectivity index (χ2v) is 5.46. The molecule has 0 aliphatic heterocycles. The molecular weight excluding hydrogens is 326 g/mol. The smallest absolute Gasteiger partial charge is 0.251 e. The first-order valence-corrected chi connectivity index (χ1v) is 6.87. The maximum Gasteiger partial charge on any atom is 0.251 e. The van der Waals surface area contributed by atoms with E-state index in [-0.39, 0.29) is 5.91 Å². The lowest BCUT2D eigenvalue weighted by Gasteiger charge is -2.08. The fourth-order valence-electron chi connectivity index (χ4n) is 1.66. The second kappa shape index (κ2) is 6.22. The molecule has 2 nitrogen and oxygen atoms in total. The number of benzene rings is 2. The minimum Gasteiger partial charge on any atom is -0.348 e. The van der Waals surface area contributed by atoms with Gasteiger partial charge in [0.05, 0.1) is 0 Å². The van der Waals surface area contributed by atoms with Crippen LogP contribution in [0.3, 0.4) is 0 Å². The predicted octanol–water partition coefficient (Wildman–Crippen LogP) is 4.21. The number of halogens is 2. The summed E-state index contributed by atoms with van der Waals surface area (Å²) in [6.07, 6.45) is 0. The van der Waals surface area contributed by atoms with Gasteiger partial charge in [-0.3, -0.25) is 4.79 Å². The van der Waals surface area contributed by atoms with Crippen molar-refractivity contribution in [2.45, 2.75) is 6.54 Å². The number of hydrogen-bond donors (Lipinski definition) is 1. The van der Waals surface area contributed by atoms with Crippen molar-refractivity contribution < 1.29 is 4.79 Å². The highest BCUT2D eigenvalue weighted by Gasteiger charge is 2.08. The zero-order chi connectivity index (χ0) is 13.8. The Morgan fingerprint density at radius 2 is 1.89 bits per heavy atom. The first-order chi connectivity index (χ1) is 9.06. The summed E-state index contributed by atoms with van der Waals surface area (Å²) in [5.41, 5.74) is 2.28. The summed E-state index contributed by atoms with van der Waals surface area (Å²) in [7, 11) is 0. The van der Waals surface area contributed by atoms with Crippen LogP contribution >= 0.6 is 27.5 Å². The molecule has 0 aliphatic rings. The highest BCUT2D eigenvalue weighted by Crippen LogP contribution is 2.16. The molecule has 1 N–H and O–H groups in total. The van der Waals surface area contributed by atoms with Gasteiger partial charge in [0.2, 0.25) is 0 Å². The lowest BCUT2D eigenvalue weighted by molar-refractivity contribution is 0.0950. The number of amides is 1. The van der Waals surface area contributed by atoms with E-state index in [0.29, 0.717) is 22.7 Å². The van der Waals surface area contributed by atoms with Crippen LogP contribution in [-0.4, -0.2) is 5.91 Å². The van der Waals surface area contributed by atoms with Crippen molar-refractivity contribution in [3.8, 4) is 0 Å². The average Bonchev–Trinajstić information content (AvgIpc) is 2.37. The normalized spacial score (nSPS) is 10.3. The molecule has 0 atom stereocenters. The number of carbonyl (C=O) groups is 1. The van der Waals surface area contributed by atoms with Crippen molar-refractivity contribution >= 4 is 33.4 Å². The highest BCUT2D eigenvalue weighted by molar-refractivity contribution is 9.10. The van der Waals surface area contributed by atoms with Gasteiger partial charge >= 0.3 is 0 Å². The molecule has 2 aromatic rings. The SMILES string of the molecule is [CH2]c1cc(Br)ccc1C(=O)NCc1ccc(Cl)cc1. The third-order valence-electron chi connectivity index (χ3n) is 2.68. The molecule has 0 saturated carbocycles. The van der Waals surface area contributed by atoms with Crippen LogP contribution in [0, 0.1) is 6.92 Å². The molecule has 97 valence electrons. The van der Waals surface area contributed by atoms with Gasteiger partial charge in [0.25, 0.3) is 5.91 Å². The molecule has 0 spiro atoms. The standard InChI is InChI=1S/C15H12BrClNO/c1-10-8-12(16)4-7-14(10)15(19)18-9-11-2-5-13(17)6-3-11/h2-8H,1,9H2,(H,18,19). The monoisotopic (exact) mass is 336 g/mol. The van der Waals surface area contributed by atoms with Crippen LogP contribution in [0.15, 0.2) is 46.9 Å². The van der Waals surface area contributed by atoms with Crippen molar-refractivity contribution in [3.05, 3.63) is 75.6 Å². The number of carbonyl (C=O) groups excluding carboxylic acids is 1. The minimum absolute atomic E-state index is 0.132. The lowest BCUT2D eigenvalue weighted by Crippen LogP contribution is -2.23. The first kappa shape index (κ1) is 14.1. The van der Waals surface area contributed by atoms with E-state index in [2.05, 4.69) is 28.2 Å². The van der Waals surface area contributed by atoms with Crippen LogP contribution in [0.25, 0.3) is 0 Å². The largest absolute Gasteiger partial charge is 0.348 e. The molecule has 0 bridgehead atoms. The van der Waals surface area contributed by atoms with Crippen molar-refractivity contribution in [1.29, 1.82) is 0 Å². The molecule has 0 fully saturated rings. The molecule has 0 aromatic heterocycles. The summed E-state index contributed by atoms with van der Waals surface area (Å²) < 4.78 is 0.909. The number of rotatable bonds is 3. The summed E-state index contributed by atoms with van der Waals surface area (Å²) in [6, 6.07) is 12.8. The quantitative estimate of drug-likeness (QED) is 0.893. The van der Waals surface area contributed by atoms with Gasteiger partial charge in [0, 0.05) is 21.6 Å². The van der Waals surface area contributed by atoms with Crippen LogP contribution in [0.4, 0.5) is 0 Å². The zero-order valence-corrected chi connectivity index (χ0v) is 12.5. The molecule has 0 saturated heterocycles. The van der Waals surface area contributed by atoms with Gasteiger partial charge in [-0.15, -0.1) is 0 Å². The van der Waals surface area contributed by atoms with Gasteiger partial charge < -0.3 is 5.32 Å². The molecule has 1 amide bonds. The summed E-state index contributed by atoms with van der Waals surface area (Å²) in [5.74, 6) is -0.132. The van der Waals surface area contributed by atoms with Crippen LogP contribution in [0.1, 0.15) is 21.5 Å². The van der Waals surface area contributed by atoms with Crippen LogP contribution in [-0.2, 0) is 6.54 Å². The molecule has 0 heterocycles. The lowest BCUT2D eigenvalue weighted by atomic mass is 10.1. The van der Waals surface area contributed by atoms with Crippen molar-refractivity contribution in [2.75, 3.05) is 0 Å². The molecule has 4 heteroatoms. The Morgan fingerprint density at radius 1 is 1.21 bits per heavy atom. The second-order valence-electron chi connectivity index (χ2n) is 4.11. The fourth-order valence-corrected chi connectivity index (χ4v) is 2.20. The van der Waals surface area contributed by atoms with Gasteiger partial charge in [-0.05, 0) is 48.4 Å². The van der Waals surface area contributed by atoms with Crippen LogP contribution < -0.4 is 5.32 Å². The molecule has 0 unspecified atom stereocenters. The van der Waals surface area contributed by atoms with E-state index in [1.165, 1.54) is 0 Å². The Hall–Kier alpha value is -1.32. The molecular formula is C15H12BrClNO. The van der Waals surface area contributed by atoms with E-state index < -0.39 is 0 Å². The van der Waals surface area contributed by atoms with Crippen molar-refractivity contribution in [1.82, 2.24) is 5.32 Å². The Morgan fingerprint density at radius 3 is 2.53 bits per heavy atom. The molecule has 1 radical (unpaired) electrons. The van der Waals surface area contributed by atoms with Crippen molar-refractivity contribution in [2.24, 2.45) is 0 Å². The maximum atomic E-state index is 12.0. The summed E-state index contributed by atoms with van der Waals surface area (Å²) in [6.45, 7) is 4.32. The zero-order valence-electron chi connectivity index (χ0n) is 10.1. The van der Waals surface area contributed by atoms with E-state index in [9.17, 15) is 4.79 Å². The number of hydrogen-bond acceptors (Lipinski definition) is 1. The molecule has 0 aliphatic carbocycles. The third-order valence-corrected chi connectivity index (χ3v) is 3.42. The summed E-state index contributed by atoms with van der Waals surface area (Å²) in [4.78, 5) is 12.0. The minimum atomic E-state index is -0.132. The Bertz CT molecular complexity index is 596. The van der Waals surface area contributed by atoms with E-state index in [0.717, 1.165) is 10.0 Å². The number of nitrogens with one attached hydrogen (secondary N) is 1. The van der Waals surface area contributed by atoms with E-state index in [4.69, 9.17) is 11.6 Å². The predicted molar refractivity (Wildman–Crippen MR) is 81.2 cm³/mol. The Balaban J connectivity index is 2.03.